The molecule has 0 atom stereocenters. The molecule has 2 aromatic heterocycles. The number of hydrogen-bond acceptors (Lipinski definition) is 2. The first-order chi connectivity index (χ1) is 8.83. The molecule has 0 amide bonds. The van der Waals surface area contributed by atoms with Crippen LogP contribution in [0, 0.1) is 0 Å². The highest BCUT2D eigenvalue weighted by Crippen LogP contribution is 2.21. The normalized spacial score (nSPS) is 10.5. The molecule has 0 aliphatic heterocycles. The lowest BCUT2D eigenvalue weighted by Crippen LogP contribution is -1.85. The van der Waals surface area contributed by atoms with Crippen LogP contribution in [0.5, 0.6) is 0 Å². The fourth-order valence-electron chi connectivity index (χ4n) is 1.76. The van der Waals surface area contributed by atoms with Gasteiger partial charge >= 0.3 is 0 Å². The predicted molar refractivity (Wildman–Crippen MR) is 72.3 cm³/mol. The molecule has 0 aliphatic carbocycles. The standard InChI is InChI=1S/C14H10ClN3/c15-13-8-4-7-11(17-13)14-16-9-12(18-14)10-5-2-1-3-6-10/h1-9H,(H,16,18). The highest BCUT2D eigenvalue weighted by molar-refractivity contribution is 6.29. The van der Waals surface area contributed by atoms with Crippen LogP contribution in [0.15, 0.2) is 54.7 Å². The highest BCUT2D eigenvalue weighted by Gasteiger charge is 2.06. The number of imidazole rings is 1. The summed E-state index contributed by atoms with van der Waals surface area (Å²) in [6.45, 7) is 0. The van der Waals surface area contributed by atoms with Crippen LogP contribution in [0.1, 0.15) is 0 Å². The number of hydrogen-bond donors (Lipinski definition) is 1. The molecule has 3 rings (SSSR count). The number of aromatic amines is 1. The summed E-state index contributed by atoms with van der Waals surface area (Å²) in [5, 5.41) is 0.463. The quantitative estimate of drug-likeness (QED) is 0.708. The van der Waals surface area contributed by atoms with Crippen molar-refractivity contribution in [1.82, 2.24) is 15.0 Å². The van der Waals surface area contributed by atoms with Crippen LogP contribution in [0.3, 0.4) is 0 Å². The number of pyridine rings is 1. The van der Waals surface area contributed by atoms with Gasteiger partial charge < -0.3 is 4.98 Å². The maximum atomic E-state index is 5.87. The summed E-state index contributed by atoms with van der Waals surface area (Å²) < 4.78 is 0. The lowest BCUT2D eigenvalue weighted by Gasteiger charge is -1.97. The van der Waals surface area contributed by atoms with Crippen molar-refractivity contribution in [3.8, 4) is 22.8 Å². The van der Waals surface area contributed by atoms with Gasteiger partial charge in [0.2, 0.25) is 0 Å². The van der Waals surface area contributed by atoms with Crippen LogP contribution in [0.4, 0.5) is 0 Å². The average Bonchev–Trinajstić information content (AvgIpc) is 2.89. The van der Waals surface area contributed by atoms with Gasteiger partial charge in [-0.15, -0.1) is 0 Å². The predicted octanol–water partition coefficient (Wildman–Crippen LogP) is 3.79. The van der Waals surface area contributed by atoms with Crippen molar-refractivity contribution < 1.29 is 0 Å². The summed E-state index contributed by atoms with van der Waals surface area (Å²) in [5.41, 5.74) is 2.80. The van der Waals surface area contributed by atoms with Crippen LogP contribution in [-0.2, 0) is 0 Å². The van der Waals surface area contributed by atoms with Gasteiger partial charge in [-0.2, -0.15) is 0 Å². The summed E-state index contributed by atoms with van der Waals surface area (Å²) in [6.07, 6.45) is 1.80. The van der Waals surface area contributed by atoms with Gasteiger partial charge in [-0.3, -0.25) is 0 Å². The first-order valence-corrected chi connectivity index (χ1v) is 5.94. The molecule has 1 N–H and O–H groups in total. The number of aromatic nitrogens is 3. The first-order valence-electron chi connectivity index (χ1n) is 5.56. The summed E-state index contributed by atoms with van der Waals surface area (Å²) in [7, 11) is 0. The number of H-pyrrole nitrogens is 1. The van der Waals surface area contributed by atoms with Crippen molar-refractivity contribution in [2.45, 2.75) is 0 Å². The molecule has 88 valence electrons. The van der Waals surface area contributed by atoms with Crippen molar-refractivity contribution in [3.63, 3.8) is 0 Å². The lowest BCUT2D eigenvalue weighted by molar-refractivity contribution is 1.22. The molecule has 0 saturated carbocycles. The molecule has 18 heavy (non-hydrogen) atoms. The van der Waals surface area contributed by atoms with Gasteiger partial charge in [0.15, 0.2) is 5.82 Å². The van der Waals surface area contributed by atoms with Crippen molar-refractivity contribution in [2.24, 2.45) is 0 Å². The molecule has 3 aromatic rings. The van der Waals surface area contributed by atoms with E-state index in [0.29, 0.717) is 5.15 Å². The van der Waals surface area contributed by atoms with Gasteiger partial charge in [0, 0.05) is 0 Å². The van der Waals surface area contributed by atoms with Gasteiger partial charge in [-0.1, -0.05) is 48.0 Å². The van der Waals surface area contributed by atoms with Gasteiger partial charge in [-0.25, -0.2) is 9.97 Å². The Labute approximate surface area is 109 Å². The minimum atomic E-state index is 0.463. The Kier molecular flexibility index (Phi) is 2.82. The Morgan fingerprint density at radius 3 is 2.56 bits per heavy atom. The zero-order chi connectivity index (χ0) is 12.4. The van der Waals surface area contributed by atoms with E-state index < -0.39 is 0 Å². The van der Waals surface area contributed by atoms with Gasteiger partial charge in [0.1, 0.15) is 10.8 Å². The van der Waals surface area contributed by atoms with E-state index in [9.17, 15) is 0 Å². The van der Waals surface area contributed by atoms with E-state index in [0.717, 1.165) is 22.8 Å². The molecule has 0 spiro atoms. The van der Waals surface area contributed by atoms with E-state index in [1.807, 2.05) is 42.5 Å². The van der Waals surface area contributed by atoms with Crippen LogP contribution in [0.2, 0.25) is 5.15 Å². The van der Waals surface area contributed by atoms with Crippen molar-refractivity contribution in [3.05, 3.63) is 59.9 Å². The van der Waals surface area contributed by atoms with Crippen LogP contribution >= 0.6 is 11.6 Å². The second-order valence-corrected chi connectivity index (χ2v) is 4.24. The molecule has 4 heteroatoms. The number of rotatable bonds is 2. The molecule has 0 saturated heterocycles. The maximum Gasteiger partial charge on any atom is 0.156 e. The molecule has 0 radical (unpaired) electrons. The molecule has 0 aliphatic rings. The molecule has 0 fully saturated rings. The molecule has 1 aromatic carbocycles. The summed E-state index contributed by atoms with van der Waals surface area (Å²) in [5.74, 6) is 0.719. The largest absolute Gasteiger partial charge is 0.337 e. The third-order valence-electron chi connectivity index (χ3n) is 2.62. The third kappa shape index (κ3) is 2.13. The minimum absolute atomic E-state index is 0.463. The monoisotopic (exact) mass is 255 g/mol. The zero-order valence-corrected chi connectivity index (χ0v) is 10.2. The van der Waals surface area contributed by atoms with E-state index in [1.54, 1.807) is 12.3 Å². The Hall–Kier alpha value is -2.13. The molecular weight excluding hydrogens is 246 g/mol. The summed E-state index contributed by atoms with van der Waals surface area (Å²) in [4.78, 5) is 11.8. The van der Waals surface area contributed by atoms with Crippen LogP contribution in [0.25, 0.3) is 22.8 Å². The molecule has 3 nitrogen and oxygen atoms in total. The SMILES string of the molecule is Clc1cccc(-c2ncc(-c3ccccc3)[nH]2)n1. The summed E-state index contributed by atoms with van der Waals surface area (Å²) in [6, 6.07) is 15.5. The summed E-state index contributed by atoms with van der Waals surface area (Å²) >= 11 is 5.87. The zero-order valence-electron chi connectivity index (χ0n) is 9.47. The fraction of sp³-hybridized carbons (Fsp3) is 0. The Balaban J connectivity index is 2.00. The van der Waals surface area contributed by atoms with E-state index in [2.05, 4.69) is 15.0 Å². The fourth-order valence-corrected chi connectivity index (χ4v) is 1.92. The van der Waals surface area contributed by atoms with E-state index >= 15 is 0 Å². The lowest BCUT2D eigenvalue weighted by atomic mass is 10.2. The van der Waals surface area contributed by atoms with Crippen molar-refractivity contribution in [1.29, 1.82) is 0 Å². The van der Waals surface area contributed by atoms with Crippen molar-refractivity contribution >= 4 is 11.6 Å². The number of benzene rings is 1. The van der Waals surface area contributed by atoms with E-state index in [1.165, 1.54) is 0 Å². The minimum Gasteiger partial charge on any atom is -0.337 e. The Morgan fingerprint density at radius 2 is 1.78 bits per heavy atom. The molecule has 0 unspecified atom stereocenters. The number of halogens is 1. The van der Waals surface area contributed by atoms with E-state index in [4.69, 9.17) is 11.6 Å². The third-order valence-corrected chi connectivity index (χ3v) is 2.83. The number of nitrogens with zero attached hydrogens (tertiary/aromatic N) is 2. The molecule has 2 heterocycles. The van der Waals surface area contributed by atoms with Crippen LogP contribution in [-0.4, -0.2) is 15.0 Å². The second kappa shape index (κ2) is 4.63. The average molecular weight is 256 g/mol. The molecule has 0 bridgehead atoms. The van der Waals surface area contributed by atoms with Crippen LogP contribution < -0.4 is 0 Å². The topological polar surface area (TPSA) is 41.6 Å². The van der Waals surface area contributed by atoms with Crippen molar-refractivity contribution in [2.75, 3.05) is 0 Å². The second-order valence-electron chi connectivity index (χ2n) is 3.86. The number of nitrogens with one attached hydrogen (secondary N) is 1. The smallest absolute Gasteiger partial charge is 0.156 e. The Bertz CT molecular complexity index is 662. The van der Waals surface area contributed by atoms with Gasteiger partial charge in [-0.05, 0) is 17.7 Å². The highest BCUT2D eigenvalue weighted by atomic mass is 35.5. The maximum absolute atomic E-state index is 5.87. The van der Waals surface area contributed by atoms with Gasteiger partial charge in [0.05, 0.1) is 11.9 Å². The van der Waals surface area contributed by atoms with E-state index in [-0.39, 0.29) is 0 Å². The van der Waals surface area contributed by atoms with Gasteiger partial charge in [0.25, 0.3) is 0 Å². The first kappa shape index (κ1) is 11.0. The Morgan fingerprint density at radius 1 is 0.944 bits per heavy atom. The molecular formula is C14H10ClN3.